The summed E-state index contributed by atoms with van der Waals surface area (Å²) in [6.45, 7) is 2.26. The van der Waals surface area contributed by atoms with Gasteiger partial charge in [-0.2, -0.15) is 11.3 Å². The summed E-state index contributed by atoms with van der Waals surface area (Å²) in [5.74, 6) is -0.516. The number of aryl methyl sites for hydroxylation is 1. The minimum atomic E-state index is -3.69. The maximum Gasteiger partial charge on any atom is 0.419 e. The molecule has 9 heteroatoms. The SMILES string of the molecule is Cn1c(=O)oc2ccc(S(=O)(=O)NC[C@H](c3ccsc3)N3CCC3)cc21. The molecular formula is C17H19N3O4S2. The van der Waals surface area contributed by atoms with Gasteiger partial charge in [0.25, 0.3) is 0 Å². The molecule has 3 heterocycles. The van der Waals surface area contributed by atoms with Crippen LogP contribution in [0.5, 0.6) is 0 Å². The first-order valence-electron chi connectivity index (χ1n) is 8.31. The largest absolute Gasteiger partial charge is 0.419 e. The highest BCUT2D eigenvalue weighted by atomic mass is 32.2. The summed E-state index contributed by atoms with van der Waals surface area (Å²) in [5, 5.41) is 4.06. The third kappa shape index (κ3) is 3.11. The van der Waals surface area contributed by atoms with Crippen LogP contribution in [0.25, 0.3) is 11.1 Å². The first-order chi connectivity index (χ1) is 12.5. The van der Waals surface area contributed by atoms with Crippen molar-refractivity contribution in [2.45, 2.75) is 17.4 Å². The number of rotatable bonds is 6. The van der Waals surface area contributed by atoms with Crippen LogP contribution < -0.4 is 10.5 Å². The number of hydrogen-bond acceptors (Lipinski definition) is 6. The van der Waals surface area contributed by atoms with Gasteiger partial charge in [0.2, 0.25) is 10.0 Å². The number of fused-ring (bicyclic) bond motifs is 1. The molecule has 0 spiro atoms. The number of benzene rings is 1. The lowest BCUT2D eigenvalue weighted by molar-refractivity contribution is 0.120. The second-order valence-electron chi connectivity index (χ2n) is 6.37. The smallest absolute Gasteiger partial charge is 0.408 e. The molecule has 1 atom stereocenters. The fourth-order valence-corrected chi connectivity index (χ4v) is 4.89. The Bertz CT molecular complexity index is 1080. The standard InChI is InChI=1S/C17H19N3O4S2/c1-19-14-9-13(3-4-16(14)24-17(19)21)26(22,23)18-10-15(20-6-2-7-20)12-5-8-25-11-12/h3-5,8-9,11,15,18H,2,6-7,10H2,1H3/t15-/m1/s1. The van der Waals surface area contributed by atoms with E-state index in [4.69, 9.17) is 4.42 Å². The van der Waals surface area contributed by atoms with Gasteiger partial charge in [0.05, 0.1) is 10.4 Å². The topological polar surface area (TPSA) is 84.5 Å². The van der Waals surface area contributed by atoms with Crippen LogP contribution in [0, 0.1) is 0 Å². The van der Waals surface area contributed by atoms with Gasteiger partial charge in [0.1, 0.15) is 0 Å². The van der Waals surface area contributed by atoms with Crippen LogP contribution in [0.2, 0.25) is 0 Å². The van der Waals surface area contributed by atoms with Gasteiger partial charge in [-0.05, 0) is 47.0 Å². The minimum Gasteiger partial charge on any atom is -0.408 e. The Hall–Kier alpha value is -1.94. The van der Waals surface area contributed by atoms with Gasteiger partial charge >= 0.3 is 5.76 Å². The molecule has 0 amide bonds. The quantitative estimate of drug-likeness (QED) is 0.692. The molecule has 1 aliphatic heterocycles. The fraction of sp³-hybridized carbons (Fsp3) is 0.353. The molecule has 0 bridgehead atoms. The monoisotopic (exact) mass is 393 g/mol. The number of sulfonamides is 1. The molecule has 26 heavy (non-hydrogen) atoms. The number of oxazole rings is 1. The van der Waals surface area contributed by atoms with Crippen molar-refractivity contribution < 1.29 is 12.8 Å². The van der Waals surface area contributed by atoms with E-state index in [1.54, 1.807) is 18.4 Å². The normalized spacial score (nSPS) is 16.7. The Morgan fingerprint density at radius 1 is 1.31 bits per heavy atom. The van der Waals surface area contributed by atoms with E-state index in [2.05, 4.69) is 15.0 Å². The van der Waals surface area contributed by atoms with E-state index >= 15 is 0 Å². The molecule has 138 valence electrons. The number of nitrogens with zero attached hydrogens (tertiary/aromatic N) is 2. The second kappa shape index (κ2) is 6.66. The number of nitrogens with one attached hydrogen (secondary N) is 1. The van der Waals surface area contributed by atoms with Gasteiger partial charge in [-0.25, -0.2) is 17.9 Å². The summed E-state index contributed by atoms with van der Waals surface area (Å²) >= 11 is 1.61. The van der Waals surface area contributed by atoms with Gasteiger partial charge in [-0.15, -0.1) is 0 Å². The van der Waals surface area contributed by atoms with E-state index in [9.17, 15) is 13.2 Å². The Kier molecular flexibility index (Phi) is 4.47. The van der Waals surface area contributed by atoms with Crippen LogP contribution in [0.15, 0.2) is 49.1 Å². The van der Waals surface area contributed by atoms with Gasteiger partial charge in [-0.1, -0.05) is 0 Å². The summed E-state index contributed by atoms with van der Waals surface area (Å²) in [6.07, 6.45) is 1.14. The zero-order valence-corrected chi connectivity index (χ0v) is 15.8. The molecule has 4 rings (SSSR count). The predicted molar refractivity (Wildman–Crippen MR) is 99.9 cm³/mol. The third-order valence-electron chi connectivity index (χ3n) is 4.80. The van der Waals surface area contributed by atoms with Crippen molar-refractivity contribution in [1.82, 2.24) is 14.2 Å². The molecule has 1 aliphatic rings. The van der Waals surface area contributed by atoms with Crippen molar-refractivity contribution in [2.24, 2.45) is 7.05 Å². The lowest BCUT2D eigenvalue weighted by atomic mass is 10.1. The molecule has 3 aromatic rings. The van der Waals surface area contributed by atoms with Crippen LogP contribution in [0.4, 0.5) is 0 Å². The van der Waals surface area contributed by atoms with E-state index in [0.29, 0.717) is 17.6 Å². The van der Waals surface area contributed by atoms with E-state index in [1.165, 1.54) is 22.8 Å². The summed E-state index contributed by atoms with van der Waals surface area (Å²) in [7, 11) is -2.14. The maximum atomic E-state index is 12.8. The zero-order valence-electron chi connectivity index (χ0n) is 14.2. The first kappa shape index (κ1) is 17.5. The lowest BCUT2D eigenvalue weighted by Gasteiger charge is -2.38. The zero-order chi connectivity index (χ0) is 18.3. The predicted octanol–water partition coefficient (Wildman–Crippen LogP) is 1.92. The molecule has 1 saturated heterocycles. The van der Waals surface area contributed by atoms with Crippen molar-refractivity contribution in [3.05, 3.63) is 51.1 Å². The van der Waals surface area contributed by atoms with Crippen LogP contribution in [0.1, 0.15) is 18.0 Å². The summed E-state index contributed by atoms with van der Waals surface area (Å²) in [5.41, 5.74) is 1.95. The van der Waals surface area contributed by atoms with Crippen LogP contribution in [-0.4, -0.2) is 37.5 Å². The van der Waals surface area contributed by atoms with Crippen molar-refractivity contribution in [1.29, 1.82) is 0 Å². The highest BCUT2D eigenvalue weighted by molar-refractivity contribution is 7.89. The molecular weight excluding hydrogens is 374 g/mol. The maximum absolute atomic E-state index is 12.8. The molecule has 0 saturated carbocycles. The highest BCUT2D eigenvalue weighted by Crippen LogP contribution is 2.27. The van der Waals surface area contributed by atoms with Crippen LogP contribution in [0.3, 0.4) is 0 Å². The van der Waals surface area contributed by atoms with E-state index < -0.39 is 15.8 Å². The van der Waals surface area contributed by atoms with Crippen molar-refractivity contribution in [3.63, 3.8) is 0 Å². The molecule has 1 N–H and O–H groups in total. The summed E-state index contributed by atoms with van der Waals surface area (Å²) < 4.78 is 34.6. The Balaban J connectivity index is 1.58. The molecule has 0 radical (unpaired) electrons. The first-order valence-corrected chi connectivity index (χ1v) is 10.7. The van der Waals surface area contributed by atoms with Crippen molar-refractivity contribution in [2.75, 3.05) is 19.6 Å². The van der Waals surface area contributed by atoms with E-state index in [0.717, 1.165) is 25.1 Å². The number of likely N-dealkylation sites (tertiary alicyclic amines) is 1. The Morgan fingerprint density at radius 3 is 2.77 bits per heavy atom. The average Bonchev–Trinajstić information content (AvgIpc) is 3.19. The number of thiophene rings is 1. The Labute approximate surface area is 154 Å². The minimum absolute atomic E-state index is 0.0341. The van der Waals surface area contributed by atoms with E-state index in [-0.39, 0.29) is 10.9 Å². The molecule has 1 fully saturated rings. The second-order valence-corrected chi connectivity index (χ2v) is 8.92. The molecule has 7 nitrogen and oxygen atoms in total. The average molecular weight is 393 g/mol. The van der Waals surface area contributed by atoms with Crippen LogP contribution >= 0.6 is 11.3 Å². The summed E-state index contributed by atoms with van der Waals surface area (Å²) in [6, 6.07) is 6.50. The van der Waals surface area contributed by atoms with Gasteiger partial charge < -0.3 is 4.42 Å². The van der Waals surface area contributed by atoms with Crippen molar-refractivity contribution in [3.8, 4) is 0 Å². The van der Waals surface area contributed by atoms with Gasteiger partial charge in [-0.3, -0.25) is 9.47 Å². The lowest BCUT2D eigenvalue weighted by Crippen LogP contribution is -2.44. The Morgan fingerprint density at radius 2 is 2.12 bits per heavy atom. The van der Waals surface area contributed by atoms with Gasteiger partial charge in [0.15, 0.2) is 5.58 Å². The highest BCUT2D eigenvalue weighted by Gasteiger charge is 2.27. The number of aromatic nitrogens is 1. The third-order valence-corrected chi connectivity index (χ3v) is 6.92. The van der Waals surface area contributed by atoms with Crippen LogP contribution in [-0.2, 0) is 17.1 Å². The summed E-state index contributed by atoms with van der Waals surface area (Å²) in [4.78, 5) is 14.0. The number of hydrogen-bond donors (Lipinski definition) is 1. The van der Waals surface area contributed by atoms with Crippen molar-refractivity contribution >= 4 is 32.5 Å². The molecule has 2 aromatic heterocycles. The molecule has 0 unspecified atom stereocenters. The van der Waals surface area contributed by atoms with E-state index in [1.807, 2.05) is 11.4 Å². The molecule has 1 aromatic carbocycles. The molecule has 0 aliphatic carbocycles. The van der Waals surface area contributed by atoms with Gasteiger partial charge in [0, 0.05) is 32.7 Å². The fourth-order valence-electron chi connectivity index (χ4n) is 3.12.